The number of amides is 2. The van der Waals surface area contributed by atoms with Crippen LogP contribution in [0.3, 0.4) is 0 Å². The highest BCUT2D eigenvalue weighted by Crippen LogP contribution is 2.39. The third-order valence-electron chi connectivity index (χ3n) is 9.63. The lowest BCUT2D eigenvalue weighted by atomic mass is 9.82. The second-order valence-electron chi connectivity index (χ2n) is 14.0. The molecule has 2 heterocycles. The summed E-state index contributed by atoms with van der Waals surface area (Å²) in [5, 5.41) is 3.09. The van der Waals surface area contributed by atoms with Gasteiger partial charge in [0.15, 0.2) is 0 Å². The van der Waals surface area contributed by atoms with E-state index in [0.717, 1.165) is 16.7 Å². The standard InChI is InChI=1S/C38H45F4N3O2/c1-25-10-5-15-31(39)33(25)36(47)45-23-8-14-30(35(46)43-29-13-6-12-28(24-29)37(2,3)4)34(45)27-19-17-26(18-20-27)11-7-21-44-22-9-16-32(44)38(40,41)42/h5-6,10,12-13,15,17-20,24,30,32,34H,7-9,11,14,16,21-23H2,1-4H3,(H,43,46). The lowest BCUT2D eigenvalue weighted by Crippen LogP contribution is -2.46. The van der Waals surface area contributed by atoms with E-state index in [4.69, 9.17) is 0 Å². The number of rotatable bonds is 8. The zero-order valence-electron chi connectivity index (χ0n) is 27.7. The number of halogens is 4. The average molecular weight is 652 g/mol. The number of benzene rings is 3. The predicted molar refractivity (Wildman–Crippen MR) is 177 cm³/mol. The molecule has 2 fully saturated rings. The minimum absolute atomic E-state index is 0.00660. The van der Waals surface area contributed by atoms with Gasteiger partial charge in [-0.2, -0.15) is 13.2 Å². The Morgan fingerprint density at radius 1 is 0.915 bits per heavy atom. The van der Waals surface area contributed by atoms with Gasteiger partial charge in [0, 0.05) is 12.2 Å². The summed E-state index contributed by atoms with van der Waals surface area (Å²) in [7, 11) is 0. The van der Waals surface area contributed by atoms with E-state index in [0.29, 0.717) is 63.0 Å². The van der Waals surface area contributed by atoms with E-state index in [2.05, 4.69) is 26.1 Å². The Labute approximate surface area is 275 Å². The summed E-state index contributed by atoms with van der Waals surface area (Å²) in [6.45, 7) is 9.23. The summed E-state index contributed by atoms with van der Waals surface area (Å²) in [4.78, 5) is 31.1. The van der Waals surface area contributed by atoms with Crippen LogP contribution in [0.1, 0.15) is 91.5 Å². The third-order valence-corrected chi connectivity index (χ3v) is 9.63. The van der Waals surface area contributed by atoms with Crippen molar-refractivity contribution in [1.29, 1.82) is 0 Å². The van der Waals surface area contributed by atoms with E-state index >= 15 is 4.39 Å². The SMILES string of the molecule is Cc1cccc(F)c1C(=O)N1CCCC(C(=O)Nc2cccc(C(C)(C)C)c2)C1c1ccc(CCCN2CCCC2C(F)(F)F)cc1. The first kappa shape index (κ1) is 34.6. The van der Waals surface area contributed by atoms with Crippen LogP contribution in [-0.4, -0.2) is 53.5 Å². The van der Waals surface area contributed by atoms with Gasteiger partial charge in [-0.15, -0.1) is 0 Å². The molecule has 0 spiro atoms. The van der Waals surface area contributed by atoms with Gasteiger partial charge in [0.2, 0.25) is 5.91 Å². The van der Waals surface area contributed by atoms with Crippen molar-refractivity contribution in [2.75, 3.05) is 25.0 Å². The number of nitrogens with one attached hydrogen (secondary N) is 1. The highest BCUT2D eigenvalue weighted by molar-refractivity contribution is 5.98. The number of aryl methyl sites for hydroxylation is 2. The second kappa shape index (κ2) is 14.2. The molecule has 5 nitrogen and oxygen atoms in total. The van der Waals surface area contributed by atoms with Gasteiger partial charge in [-0.05, 0) is 104 Å². The van der Waals surface area contributed by atoms with Crippen LogP contribution in [0.2, 0.25) is 0 Å². The lowest BCUT2D eigenvalue weighted by Gasteiger charge is -2.41. The molecule has 2 aliphatic heterocycles. The van der Waals surface area contributed by atoms with Crippen molar-refractivity contribution in [1.82, 2.24) is 9.80 Å². The summed E-state index contributed by atoms with van der Waals surface area (Å²) < 4.78 is 55.2. The zero-order valence-corrected chi connectivity index (χ0v) is 27.7. The van der Waals surface area contributed by atoms with Crippen LogP contribution >= 0.6 is 0 Å². The molecule has 5 rings (SSSR count). The van der Waals surface area contributed by atoms with Crippen molar-refractivity contribution in [2.45, 2.75) is 89.9 Å². The van der Waals surface area contributed by atoms with Crippen LogP contribution in [0.4, 0.5) is 23.2 Å². The van der Waals surface area contributed by atoms with E-state index in [9.17, 15) is 22.8 Å². The molecule has 47 heavy (non-hydrogen) atoms. The van der Waals surface area contributed by atoms with Crippen LogP contribution in [-0.2, 0) is 16.6 Å². The van der Waals surface area contributed by atoms with Crippen molar-refractivity contribution in [3.8, 4) is 0 Å². The van der Waals surface area contributed by atoms with E-state index in [1.54, 1.807) is 24.0 Å². The minimum Gasteiger partial charge on any atom is -0.331 e. The fraction of sp³-hybridized carbons (Fsp3) is 0.474. The van der Waals surface area contributed by atoms with Crippen molar-refractivity contribution < 1.29 is 27.2 Å². The summed E-state index contributed by atoms with van der Waals surface area (Å²) in [6.07, 6.45) is -1.17. The van der Waals surface area contributed by atoms with E-state index in [-0.39, 0.29) is 23.3 Å². The molecule has 2 aliphatic rings. The molecule has 9 heteroatoms. The van der Waals surface area contributed by atoms with E-state index in [1.807, 2.05) is 48.5 Å². The minimum atomic E-state index is -4.21. The van der Waals surface area contributed by atoms with Gasteiger partial charge in [-0.1, -0.05) is 69.3 Å². The molecule has 1 N–H and O–H groups in total. The molecule has 3 aromatic rings. The summed E-state index contributed by atoms with van der Waals surface area (Å²) >= 11 is 0. The number of anilines is 1. The number of hydrogen-bond acceptors (Lipinski definition) is 3. The van der Waals surface area contributed by atoms with Gasteiger partial charge in [0.1, 0.15) is 11.9 Å². The third kappa shape index (κ3) is 8.06. The zero-order chi connectivity index (χ0) is 33.9. The Morgan fingerprint density at radius 3 is 2.30 bits per heavy atom. The number of hydrogen-bond donors (Lipinski definition) is 1. The number of alkyl halides is 3. The summed E-state index contributed by atoms with van der Waals surface area (Å²) in [5.74, 6) is -1.84. The number of nitrogens with zero attached hydrogens (tertiary/aromatic N) is 2. The Bertz CT molecular complexity index is 1540. The van der Waals surface area contributed by atoms with Crippen molar-refractivity contribution in [3.63, 3.8) is 0 Å². The lowest BCUT2D eigenvalue weighted by molar-refractivity contribution is -0.175. The molecule has 0 aromatic heterocycles. The first-order chi connectivity index (χ1) is 22.2. The first-order valence-electron chi connectivity index (χ1n) is 16.6. The molecule has 0 radical (unpaired) electrons. The van der Waals surface area contributed by atoms with Gasteiger partial charge in [0.05, 0.1) is 17.5 Å². The molecule has 0 aliphatic carbocycles. The molecular formula is C38H45F4N3O2. The number of carbonyl (C=O) groups is 2. The van der Waals surface area contributed by atoms with Crippen LogP contribution < -0.4 is 5.32 Å². The van der Waals surface area contributed by atoms with Gasteiger partial charge in [-0.3, -0.25) is 14.5 Å². The monoisotopic (exact) mass is 651 g/mol. The molecule has 252 valence electrons. The van der Waals surface area contributed by atoms with E-state index in [1.165, 1.54) is 11.0 Å². The van der Waals surface area contributed by atoms with Crippen molar-refractivity contribution in [2.24, 2.45) is 5.92 Å². The summed E-state index contributed by atoms with van der Waals surface area (Å²) in [5.41, 5.74) is 3.91. The first-order valence-corrected chi connectivity index (χ1v) is 16.6. The number of piperidine rings is 1. The molecule has 0 saturated carbocycles. The van der Waals surface area contributed by atoms with Crippen LogP contribution in [0.25, 0.3) is 0 Å². The quantitative estimate of drug-likeness (QED) is 0.248. The average Bonchev–Trinajstić information content (AvgIpc) is 3.50. The molecule has 3 atom stereocenters. The number of carbonyl (C=O) groups excluding carboxylic acids is 2. The predicted octanol–water partition coefficient (Wildman–Crippen LogP) is 8.62. The Morgan fingerprint density at radius 2 is 1.62 bits per heavy atom. The van der Waals surface area contributed by atoms with Crippen LogP contribution in [0.5, 0.6) is 0 Å². The maximum Gasteiger partial charge on any atom is 0.404 e. The van der Waals surface area contributed by atoms with Crippen LogP contribution in [0.15, 0.2) is 66.7 Å². The van der Waals surface area contributed by atoms with Crippen molar-refractivity contribution >= 4 is 17.5 Å². The molecule has 2 amide bonds. The fourth-order valence-corrected chi connectivity index (χ4v) is 7.09. The topological polar surface area (TPSA) is 52.7 Å². The van der Waals surface area contributed by atoms with Gasteiger partial charge in [0.25, 0.3) is 5.91 Å². The van der Waals surface area contributed by atoms with Crippen LogP contribution in [0, 0.1) is 18.7 Å². The maximum absolute atomic E-state index is 15.0. The molecule has 0 bridgehead atoms. The largest absolute Gasteiger partial charge is 0.404 e. The Kier molecular flexibility index (Phi) is 10.4. The van der Waals surface area contributed by atoms with Crippen molar-refractivity contribution in [3.05, 3.63) is 100 Å². The highest BCUT2D eigenvalue weighted by Gasteiger charge is 2.45. The van der Waals surface area contributed by atoms with Gasteiger partial charge >= 0.3 is 6.18 Å². The normalized spacial score (nSPS) is 20.8. The van der Waals surface area contributed by atoms with Gasteiger partial charge < -0.3 is 10.2 Å². The second-order valence-corrected chi connectivity index (χ2v) is 14.0. The van der Waals surface area contributed by atoms with Gasteiger partial charge in [-0.25, -0.2) is 4.39 Å². The number of likely N-dealkylation sites (tertiary alicyclic amines) is 2. The maximum atomic E-state index is 15.0. The van der Waals surface area contributed by atoms with E-state index < -0.39 is 35.9 Å². The molecule has 3 aromatic carbocycles. The smallest absolute Gasteiger partial charge is 0.331 e. The molecule has 3 unspecified atom stereocenters. The highest BCUT2D eigenvalue weighted by atomic mass is 19.4. The molecule has 2 saturated heterocycles. The Balaban J connectivity index is 1.39. The summed E-state index contributed by atoms with van der Waals surface area (Å²) in [6, 6.07) is 18.0. The Hall–Kier alpha value is -3.72. The fourth-order valence-electron chi connectivity index (χ4n) is 7.09. The molecular weight excluding hydrogens is 606 g/mol.